The molecular formula is C21H26N2O3. The highest BCUT2D eigenvalue weighted by atomic mass is 16.5. The highest BCUT2D eigenvalue weighted by Crippen LogP contribution is 2.24. The third-order valence-corrected chi connectivity index (χ3v) is 4.04. The van der Waals surface area contributed by atoms with E-state index in [0.717, 1.165) is 0 Å². The first-order valence-corrected chi connectivity index (χ1v) is 8.61. The van der Waals surface area contributed by atoms with E-state index in [0.29, 0.717) is 17.0 Å². The fourth-order valence-corrected chi connectivity index (χ4v) is 2.38. The Morgan fingerprint density at radius 1 is 0.962 bits per heavy atom. The van der Waals surface area contributed by atoms with Gasteiger partial charge in [-0.25, -0.2) is 0 Å². The van der Waals surface area contributed by atoms with Gasteiger partial charge in [-0.1, -0.05) is 32.9 Å². The minimum Gasteiger partial charge on any atom is -0.481 e. The van der Waals surface area contributed by atoms with E-state index in [4.69, 9.17) is 4.74 Å². The van der Waals surface area contributed by atoms with Crippen LogP contribution in [0.15, 0.2) is 48.5 Å². The van der Waals surface area contributed by atoms with Crippen LogP contribution in [0.4, 0.5) is 5.69 Å². The Morgan fingerprint density at radius 2 is 1.54 bits per heavy atom. The van der Waals surface area contributed by atoms with Crippen LogP contribution in [0.3, 0.4) is 0 Å². The van der Waals surface area contributed by atoms with Crippen molar-refractivity contribution in [2.45, 2.75) is 39.2 Å². The van der Waals surface area contributed by atoms with Crippen molar-refractivity contribution in [3.63, 3.8) is 0 Å². The molecule has 2 aromatic rings. The predicted octanol–water partition coefficient (Wildman–Crippen LogP) is 3.75. The Bertz CT molecular complexity index is 759. The van der Waals surface area contributed by atoms with Crippen LogP contribution in [0.25, 0.3) is 0 Å². The first-order valence-electron chi connectivity index (χ1n) is 8.61. The molecule has 0 spiro atoms. The highest BCUT2D eigenvalue weighted by Gasteiger charge is 2.17. The zero-order chi connectivity index (χ0) is 19.3. The van der Waals surface area contributed by atoms with E-state index in [1.807, 2.05) is 24.3 Å². The molecule has 0 saturated carbocycles. The highest BCUT2D eigenvalue weighted by molar-refractivity contribution is 5.96. The monoisotopic (exact) mass is 354 g/mol. The zero-order valence-electron chi connectivity index (χ0n) is 15.9. The molecule has 0 unspecified atom stereocenters. The van der Waals surface area contributed by atoms with Crippen molar-refractivity contribution >= 4 is 17.5 Å². The van der Waals surface area contributed by atoms with Crippen molar-refractivity contribution in [3.8, 4) is 5.75 Å². The SMILES string of the molecule is CNC(=O)c1ccc(NC(=O)[C@@H](C)Oc2ccc(C(C)(C)C)cc2)cc1. The lowest BCUT2D eigenvalue weighted by molar-refractivity contribution is -0.122. The summed E-state index contributed by atoms with van der Waals surface area (Å²) >= 11 is 0. The smallest absolute Gasteiger partial charge is 0.265 e. The molecule has 0 bridgehead atoms. The number of hydrogen-bond acceptors (Lipinski definition) is 3. The molecule has 0 aliphatic carbocycles. The molecule has 5 nitrogen and oxygen atoms in total. The molecule has 0 aliphatic heterocycles. The molecule has 2 amide bonds. The van der Waals surface area contributed by atoms with Crippen molar-refractivity contribution in [2.24, 2.45) is 0 Å². The first kappa shape index (κ1) is 19.5. The molecule has 26 heavy (non-hydrogen) atoms. The number of amides is 2. The minimum absolute atomic E-state index is 0.0718. The second kappa shape index (κ2) is 8.04. The summed E-state index contributed by atoms with van der Waals surface area (Å²) in [6.45, 7) is 8.14. The van der Waals surface area contributed by atoms with E-state index in [-0.39, 0.29) is 17.2 Å². The number of benzene rings is 2. The number of ether oxygens (including phenoxy) is 1. The van der Waals surface area contributed by atoms with Crippen LogP contribution in [-0.2, 0) is 10.2 Å². The quantitative estimate of drug-likeness (QED) is 0.859. The number of nitrogens with one attached hydrogen (secondary N) is 2. The van der Waals surface area contributed by atoms with Gasteiger partial charge < -0.3 is 15.4 Å². The van der Waals surface area contributed by atoms with Gasteiger partial charge in [0.2, 0.25) is 0 Å². The maximum absolute atomic E-state index is 12.3. The fourth-order valence-electron chi connectivity index (χ4n) is 2.38. The third kappa shape index (κ3) is 5.09. The maximum Gasteiger partial charge on any atom is 0.265 e. The predicted molar refractivity (Wildman–Crippen MR) is 104 cm³/mol. The van der Waals surface area contributed by atoms with Crippen LogP contribution in [0.5, 0.6) is 5.75 Å². The van der Waals surface area contributed by atoms with Crippen molar-refractivity contribution in [3.05, 3.63) is 59.7 Å². The Labute approximate surface area is 154 Å². The summed E-state index contributed by atoms with van der Waals surface area (Å²) in [5, 5.41) is 5.34. The molecule has 2 rings (SSSR count). The second-order valence-electron chi connectivity index (χ2n) is 7.18. The van der Waals surface area contributed by atoms with Crippen LogP contribution in [0.1, 0.15) is 43.6 Å². The van der Waals surface area contributed by atoms with Gasteiger partial charge in [0.25, 0.3) is 11.8 Å². The summed E-state index contributed by atoms with van der Waals surface area (Å²) in [5.74, 6) is 0.228. The molecule has 0 fully saturated rings. The first-order chi connectivity index (χ1) is 12.2. The second-order valence-corrected chi connectivity index (χ2v) is 7.18. The lowest BCUT2D eigenvalue weighted by Gasteiger charge is -2.20. The number of carbonyl (C=O) groups is 2. The molecule has 2 aromatic carbocycles. The summed E-state index contributed by atoms with van der Waals surface area (Å²) in [7, 11) is 1.57. The van der Waals surface area contributed by atoms with E-state index in [1.54, 1.807) is 38.2 Å². The van der Waals surface area contributed by atoms with Gasteiger partial charge in [0, 0.05) is 18.3 Å². The Hall–Kier alpha value is -2.82. The summed E-state index contributed by atoms with van der Waals surface area (Å²) in [6.07, 6.45) is -0.644. The Kier molecular flexibility index (Phi) is 6.03. The van der Waals surface area contributed by atoms with Crippen molar-refractivity contribution < 1.29 is 14.3 Å². The van der Waals surface area contributed by atoms with Gasteiger partial charge in [-0.15, -0.1) is 0 Å². The molecule has 1 atom stereocenters. The van der Waals surface area contributed by atoms with E-state index in [2.05, 4.69) is 31.4 Å². The van der Waals surface area contributed by atoms with Crippen LogP contribution >= 0.6 is 0 Å². The zero-order valence-corrected chi connectivity index (χ0v) is 15.9. The minimum atomic E-state index is -0.644. The lowest BCUT2D eigenvalue weighted by Crippen LogP contribution is -2.30. The normalized spacial score (nSPS) is 12.2. The van der Waals surface area contributed by atoms with Gasteiger partial charge in [-0.3, -0.25) is 9.59 Å². The third-order valence-electron chi connectivity index (χ3n) is 4.04. The molecule has 0 heterocycles. The van der Waals surface area contributed by atoms with Gasteiger partial charge in [0.15, 0.2) is 6.10 Å². The summed E-state index contributed by atoms with van der Waals surface area (Å²) in [6, 6.07) is 14.5. The van der Waals surface area contributed by atoms with Crippen LogP contribution < -0.4 is 15.4 Å². The van der Waals surface area contributed by atoms with E-state index in [1.165, 1.54) is 5.56 Å². The lowest BCUT2D eigenvalue weighted by atomic mass is 9.87. The molecule has 138 valence electrons. The molecule has 5 heteroatoms. The standard InChI is InChI=1S/C21H26N2O3/c1-14(26-18-12-8-16(9-13-18)21(2,3)4)19(24)23-17-10-6-15(7-11-17)20(25)22-5/h6-14H,1-5H3,(H,22,25)(H,23,24)/t14-/m1/s1. The van der Waals surface area contributed by atoms with Gasteiger partial charge >= 0.3 is 0 Å². The van der Waals surface area contributed by atoms with Gasteiger partial charge in [-0.2, -0.15) is 0 Å². The molecular weight excluding hydrogens is 328 g/mol. The topological polar surface area (TPSA) is 67.4 Å². The number of rotatable bonds is 5. The average Bonchev–Trinajstić information content (AvgIpc) is 2.61. The van der Waals surface area contributed by atoms with E-state index >= 15 is 0 Å². The summed E-state index contributed by atoms with van der Waals surface area (Å²) in [5.41, 5.74) is 2.43. The molecule has 0 saturated heterocycles. The van der Waals surface area contributed by atoms with Crippen molar-refractivity contribution in [1.82, 2.24) is 5.32 Å². The fraction of sp³-hybridized carbons (Fsp3) is 0.333. The van der Waals surface area contributed by atoms with Crippen molar-refractivity contribution in [1.29, 1.82) is 0 Å². The van der Waals surface area contributed by atoms with E-state index in [9.17, 15) is 9.59 Å². The average molecular weight is 354 g/mol. The van der Waals surface area contributed by atoms with E-state index < -0.39 is 6.10 Å². The Morgan fingerprint density at radius 3 is 2.04 bits per heavy atom. The van der Waals surface area contributed by atoms with Crippen molar-refractivity contribution in [2.75, 3.05) is 12.4 Å². The van der Waals surface area contributed by atoms with Gasteiger partial charge in [0.1, 0.15) is 5.75 Å². The molecule has 0 aliphatic rings. The molecule has 0 radical (unpaired) electrons. The number of carbonyl (C=O) groups excluding carboxylic acids is 2. The summed E-state index contributed by atoms with van der Waals surface area (Å²) < 4.78 is 5.72. The van der Waals surface area contributed by atoms with Gasteiger partial charge in [0.05, 0.1) is 0 Å². The number of hydrogen-bond donors (Lipinski definition) is 2. The molecule has 0 aromatic heterocycles. The maximum atomic E-state index is 12.3. The van der Waals surface area contributed by atoms with Crippen LogP contribution in [0.2, 0.25) is 0 Å². The summed E-state index contributed by atoms with van der Waals surface area (Å²) in [4.78, 5) is 23.8. The van der Waals surface area contributed by atoms with Crippen LogP contribution in [0, 0.1) is 0 Å². The largest absolute Gasteiger partial charge is 0.481 e. The number of anilines is 1. The Balaban J connectivity index is 1.96. The molecule has 2 N–H and O–H groups in total. The van der Waals surface area contributed by atoms with Crippen LogP contribution in [-0.4, -0.2) is 25.0 Å². The van der Waals surface area contributed by atoms with Gasteiger partial charge in [-0.05, 0) is 54.3 Å².